The van der Waals surface area contributed by atoms with Gasteiger partial charge in [0, 0.05) is 27.6 Å². The highest BCUT2D eigenvalue weighted by Gasteiger charge is 2.35. The van der Waals surface area contributed by atoms with Gasteiger partial charge in [0.1, 0.15) is 12.6 Å². The monoisotopic (exact) mass is 755 g/mol. The predicted octanol–water partition coefficient (Wildman–Crippen LogP) is 6.84. The number of hydrogen-bond donors (Lipinski definition) is 1. The van der Waals surface area contributed by atoms with Crippen molar-refractivity contribution in [3.8, 4) is 0 Å². The van der Waals surface area contributed by atoms with Crippen molar-refractivity contribution in [3.05, 3.63) is 129 Å². The summed E-state index contributed by atoms with van der Waals surface area (Å²) in [6.45, 7) is -0.482. The number of carbonyl (C=O) groups is 2. The van der Waals surface area contributed by atoms with E-state index in [1.165, 1.54) is 17.0 Å². The Kier molecular flexibility index (Phi) is 11.2. The molecule has 45 heavy (non-hydrogen) atoms. The maximum Gasteiger partial charge on any atom is 0.264 e. The van der Waals surface area contributed by atoms with E-state index in [1.54, 1.807) is 54.6 Å². The van der Waals surface area contributed by atoms with Crippen molar-refractivity contribution in [2.24, 2.45) is 0 Å². The Morgan fingerprint density at radius 2 is 1.44 bits per heavy atom. The average molecular weight is 756 g/mol. The van der Waals surface area contributed by atoms with Crippen LogP contribution in [-0.2, 0) is 32.6 Å². The molecule has 1 aliphatic carbocycles. The quantitative estimate of drug-likeness (QED) is 0.161. The highest BCUT2D eigenvalue weighted by Crippen LogP contribution is 2.27. The van der Waals surface area contributed by atoms with Gasteiger partial charge in [-0.05, 0) is 89.0 Å². The largest absolute Gasteiger partial charge is 0.352 e. The smallest absolute Gasteiger partial charge is 0.264 e. The molecule has 1 aliphatic rings. The van der Waals surface area contributed by atoms with Crippen molar-refractivity contribution < 1.29 is 18.0 Å². The molecule has 0 aromatic heterocycles. The first kappa shape index (κ1) is 33.0. The Hall–Kier alpha value is -3.41. The molecule has 234 valence electrons. The van der Waals surface area contributed by atoms with Gasteiger partial charge < -0.3 is 10.2 Å². The fourth-order valence-electron chi connectivity index (χ4n) is 5.59. The molecule has 1 atom stereocenters. The van der Waals surface area contributed by atoms with Crippen LogP contribution in [0.2, 0.25) is 5.02 Å². The maximum atomic E-state index is 14.6. The number of amides is 2. The number of hydrogen-bond acceptors (Lipinski definition) is 4. The highest BCUT2D eigenvalue weighted by molar-refractivity contribution is 14.1. The van der Waals surface area contributed by atoms with Crippen LogP contribution in [0.4, 0.5) is 5.69 Å². The van der Waals surface area contributed by atoms with E-state index in [0.29, 0.717) is 16.3 Å². The van der Waals surface area contributed by atoms with Gasteiger partial charge in [0.05, 0.1) is 10.6 Å². The lowest BCUT2D eigenvalue weighted by Gasteiger charge is -2.34. The number of benzene rings is 4. The van der Waals surface area contributed by atoms with Crippen LogP contribution in [-0.4, -0.2) is 43.8 Å². The minimum Gasteiger partial charge on any atom is -0.352 e. The number of carbonyl (C=O) groups excluding carboxylic acids is 2. The van der Waals surface area contributed by atoms with E-state index in [1.807, 2.05) is 42.5 Å². The lowest BCUT2D eigenvalue weighted by Crippen LogP contribution is -2.54. The van der Waals surface area contributed by atoms with Crippen molar-refractivity contribution in [1.82, 2.24) is 10.2 Å². The second-order valence-electron chi connectivity index (χ2n) is 11.1. The lowest BCUT2D eigenvalue weighted by atomic mass is 10.0. The maximum absolute atomic E-state index is 14.6. The molecule has 1 N–H and O–H groups in total. The Bertz CT molecular complexity index is 1700. The van der Waals surface area contributed by atoms with Crippen LogP contribution in [0.3, 0.4) is 0 Å². The summed E-state index contributed by atoms with van der Waals surface area (Å²) in [5, 5.41) is 3.64. The predicted molar refractivity (Wildman–Crippen MR) is 186 cm³/mol. The summed E-state index contributed by atoms with van der Waals surface area (Å²) in [6, 6.07) is 30.8. The van der Waals surface area contributed by atoms with Crippen LogP contribution in [0.15, 0.2) is 114 Å². The van der Waals surface area contributed by atoms with Crippen molar-refractivity contribution in [2.45, 2.75) is 55.6 Å². The normalized spacial score (nSPS) is 14.1. The third-order valence-corrected chi connectivity index (χ3v) is 10.9. The highest BCUT2D eigenvalue weighted by atomic mass is 127. The van der Waals surface area contributed by atoms with Crippen LogP contribution in [0.5, 0.6) is 0 Å². The first-order valence-corrected chi connectivity index (χ1v) is 17.8. The van der Waals surface area contributed by atoms with Gasteiger partial charge in [0.25, 0.3) is 10.0 Å². The third kappa shape index (κ3) is 8.45. The summed E-state index contributed by atoms with van der Waals surface area (Å²) in [5.41, 5.74) is 1.89. The van der Waals surface area contributed by atoms with Crippen LogP contribution in [0, 0.1) is 3.57 Å². The minimum atomic E-state index is -4.14. The second-order valence-corrected chi connectivity index (χ2v) is 14.6. The van der Waals surface area contributed by atoms with Gasteiger partial charge in [0.15, 0.2) is 0 Å². The number of rotatable bonds is 12. The molecule has 0 heterocycles. The number of halogens is 2. The van der Waals surface area contributed by atoms with Crippen molar-refractivity contribution in [2.75, 3.05) is 10.8 Å². The van der Waals surface area contributed by atoms with Gasteiger partial charge in [-0.25, -0.2) is 8.42 Å². The summed E-state index contributed by atoms with van der Waals surface area (Å²) in [5.74, 6) is -0.784. The summed E-state index contributed by atoms with van der Waals surface area (Å²) in [6.07, 6.45) is 4.11. The first-order valence-electron chi connectivity index (χ1n) is 14.9. The lowest BCUT2D eigenvalue weighted by molar-refractivity contribution is -0.140. The second kappa shape index (κ2) is 15.2. The van der Waals surface area contributed by atoms with Crippen molar-refractivity contribution >= 4 is 61.7 Å². The van der Waals surface area contributed by atoms with E-state index >= 15 is 0 Å². The zero-order valence-electron chi connectivity index (χ0n) is 24.7. The third-order valence-electron chi connectivity index (χ3n) is 8.00. The van der Waals surface area contributed by atoms with Crippen LogP contribution < -0.4 is 9.62 Å². The summed E-state index contributed by atoms with van der Waals surface area (Å²) < 4.78 is 30.2. The van der Waals surface area contributed by atoms with Gasteiger partial charge in [-0.3, -0.25) is 13.9 Å². The van der Waals surface area contributed by atoms with E-state index in [-0.39, 0.29) is 29.8 Å². The molecule has 7 nitrogen and oxygen atoms in total. The van der Waals surface area contributed by atoms with Crippen LogP contribution in [0.1, 0.15) is 36.8 Å². The fourth-order valence-corrected chi connectivity index (χ4v) is 7.58. The number of nitrogens with zero attached hydrogens (tertiary/aromatic N) is 2. The summed E-state index contributed by atoms with van der Waals surface area (Å²) in [7, 11) is -4.14. The Morgan fingerprint density at radius 3 is 2.09 bits per heavy atom. The first-order chi connectivity index (χ1) is 21.7. The van der Waals surface area contributed by atoms with Crippen LogP contribution in [0.25, 0.3) is 0 Å². The SMILES string of the molecule is O=C(NC1CCCC1)[C@@H](Cc1ccccc1)N(Cc1ccccc1Cl)C(=O)CN(c1ccc(I)cc1)S(=O)(=O)c1ccccc1. The molecule has 4 aromatic carbocycles. The zero-order chi connectivity index (χ0) is 31.8. The van der Waals surface area contributed by atoms with E-state index < -0.39 is 28.5 Å². The summed E-state index contributed by atoms with van der Waals surface area (Å²) in [4.78, 5) is 30.2. The van der Waals surface area contributed by atoms with E-state index in [4.69, 9.17) is 11.6 Å². The molecule has 0 unspecified atom stereocenters. The fraction of sp³-hybridized carbons (Fsp3) is 0.257. The van der Waals surface area contributed by atoms with Crippen LogP contribution >= 0.6 is 34.2 Å². The van der Waals surface area contributed by atoms with Gasteiger partial charge in [-0.2, -0.15) is 0 Å². The molecule has 2 amide bonds. The van der Waals surface area contributed by atoms with Gasteiger partial charge >= 0.3 is 0 Å². The van der Waals surface area contributed by atoms with Gasteiger partial charge in [0.2, 0.25) is 11.8 Å². The molecule has 0 saturated heterocycles. The molecule has 4 aromatic rings. The summed E-state index contributed by atoms with van der Waals surface area (Å²) >= 11 is 8.73. The van der Waals surface area contributed by atoms with Crippen molar-refractivity contribution in [3.63, 3.8) is 0 Å². The van der Waals surface area contributed by atoms with E-state index in [9.17, 15) is 18.0 Å². The number of anilines is 1. The molecule has 5 rings (SSSR count). The molecule has 0 aliphatic heterocycles. The Balaban J connectivity index is 1.56. The Labute approximate surface area is 283 Å². The average Bonchev–Trinajstić information content (AvgIpc) is 3.56. The number of sulfonamides is 1. The molecule has 0 bridgehead atoms. The van der Waals surface area contributed by atoms with Crippen molar-refractivity contribution in [1.29, 1.82) is 0 Å². The van der Waals surface area contributed by atoms with Gasteiger partial charge in [-0.15, -0.1) is 0 Å². The standard InChI is InChI=1S/C35H35ClIN3O4S/c36-32-18-10-7-13-27(32)24-39(33(23-26-11-3-1-4-12-26)35(42)38-29-14-8-9-15-29)34(41)25-40(30-21-19-28(37)20-22-30)45(43,44)31-16-5-2-6-17-31/h1-7,10-13,16-22,29,33H,8-9,14-15,23-25H2,(H,38,42)/t33-/m1/s1. The molecular formula is C35H35ClIN3O4S. The molecule has 1 saturated carbocycles. The van der Waals surface area contributed by atoms with E-state index in [0.717, 1.165) is 39.1 Å². The molecule has 0 spiro atoms. The molecule has 10 heteroatoms. The zero-order valence-corrected chi connectivity index (χ0v) is 28.4. The molecule has 1 fully saturated rings. The minimum absolute atomic E-state index is 0.0278. The molecule has 0 radical (unpaired) electrons. The Morgan fingerprint density at radius 1 is 0.844 bits per heavy atom. The topological polar surface area (TPSA) is 86.8 Å². The molecular weight excluding hydrogens is 721 g/mol. The number of nitrogens with one attached hydrogen (secondary N) is 1. The van der Waals surface area contributed by atoms with E-state index in [2.05, 4.69) is 27.9 Å². The van der Waals surface area contributed by atoms with Gasteiger partial charge in [-0.1, -0.05) is 91.2 Å².